The number of rotatable bonds is 15. The third-order valence-corrected chi connectivity index (χ3v) is 21.5. The summed E-state index contributed by atoms with van der Waals surface area (Å²) in [6, 6.07) is 102. The van der Waals surface area contributed by atoms with Crippen LogP contribution in [0.15, 0.2) is 334 Å². The summed E-state index contributed by atoms with van der Waals surface area (Å²) in [5.74, 6) is -5.09. The first-order valence-corrected chi connectivity index (χ1v) is 40.0. The second-order valence-corrected chi connectivity index (χ2v) is 30.4. The van der Waals surface area contributed by atoms with Crippen LogP contribution in [0.5, 0.6) is 0 Å². The molecule has 2 unspecified atom stereocenters. The normalized spacial score (nSPS) is 16.3. The van der Waals surface area contributed by atoms with Gasteiger partial charge in [-0.25, -0.2) is 22.8 Å². The van der Waals surface area contributed by atoms with Gasteiger partial charge in [-0.15, -0.1) is 0 Å². The molecule has 0 amide bonds. The smallest absolute Gasteiger partial charge is 0.201 e. The van der Waals surface area contributed by atoms with E-state index in [2.05, 4.69) is 223 Å². The van der Waals surface area contributed by atoms with Crippen molar-refractivity contribution in [1.29, 1.82) is 0 Å². The number of aryl methyl sites for hydroxylation is 12. The molecule has 1 fully saturated rings. The van der Waals surface area contributed by atoms with Gasteiger partial charge in [0.15, 0.2) is 31.0 Å². The van der Waals surface area contributed by atoms with Crippen molar-refractivity contribution in [1.82, 2.24) is 0 Å². The zero-order valence-corrected chi connectivity index (χ0v) is 69.5. The highest BCUT2D eigenvalue weighted by Gasteiger charge is 2.22. The van der Waals surface area contributed by atoms with E-state index in [9.17, 15) is 0 Å². The fourth-order valence-corrected chi connectivity index (χ4v) is 14.8. The second kappa shape index (κ2) is 39.8. The summed E-state index contributed by atoms with van der Waals surface area (Å²) >= 11 is 0. The molecule has 0 N–H and O–H groups in total. The summed E-state index contributed by atoms with van der Waals surface area (Å²) in [5.41, 5.74) is 32.3. The first kappa shape index (κ1) is 64.2. The van der Waals surface area contributed by atoms with Crippen LogP contribution in [0, 0.1) is 47.4 Å². The molecule has 16 rings (SSSR count). The molecule has 5 heterocycles. The summed E-state index contributed by atoms with van der Waals surface area (Å²) in [6.45, 7) is 8.96. The van der Waals surface area contributed by atoms with Crippen molar-refractivity contribution in [2.75, 3.05) is 0 Å². The fraction of sp³-hybridized carbons (Fsp3) is 0.234. The minimum Gasteiger partial charge on any atom is -0.201 e. The average Bonchev–Trinajstić information content (AvgIpc) is 0.720. The molecule has 5 nitrogen and oxygen atoms in total. The van der Waals surface area contributed by atoms with Crippen LogP contribution in [-0.4, -0.2) is 0 Å². The van der Waals surface area contributed by atoms with Crippen molar-refractivity contribution < 1.29 is 44.8 Å². The maximum atomic E-state index is 8.89. The Morgan fingerprint density at radius 1 is 0.328 bits per heavy atom. The van der Waals surface area contributed by atoms with Gasteiger partial charge < -0.3 is 0 Å². The molecule has 5 heteroatoms. The van der Waals surface area contributed by atoms with Crippen LogP contribution in [0.1, 0.15) is 156 Å². The molecule has 0 saturated heterocycles. The molecule has 1 saturated carbocycles. The van der Waals surface area contributed by atoms with Crippen LogP contribution >= 0.6 is 0 Å². The highest BCUT2D eigenvalue weighted by molar-refractivity contribution is 5.76. The Morgan fingerprint density at radius 3 is 1.02 bits per heavy atom. The van der Waals surface area contributed by atoms with Gasteiger partial charge in [0.1, 0.15) is 35.2 Å². The Labute approximate surface area is 716 Å². The molecule has 15 aromatic rings. The van der Waals surface area contributed by atoms with Crippen LogP contribution in [0.3, 0.4) is 0 Å². The molecule has 1 aliphatic rings. The number of hydrogen-bond donors (Lipinski definition) is 0. The van der Waals surface area contributed by atoms with Gasteiger partial charge in [0.2, 0.25) is 28.5 Å². The summed E-state index contributed by atoms with van der Waals surface area (Å²) < 4.78 is 138. The molecule has 0 aliphatic heterocycles. The van der Waals surface area contributed by atoms with Gasteiger partial charge in [-0.2, -0.15) is 0 Å². The molecule has 1 aliphatic carbocycles. The monoisotopic (exact) mass is 1540 g/mol. The van der Waals surface area contributed by atoms with Crippen molar-refractivity contribution in [3.63, 3.8) is 0 Å². The predicted molar refractivity (Wildman–Crippen MR) is 489 cm³/mol. The van der Waals surface area contributed by atoms with Crippen molar-refractivity contribution in [2.45, 2.75) is 133 Å². The van der Waals surface area contributed by atoms with E-state index >= 15 is 0 Å². The second-order valence-electron chi connectivity index (χ2n) is 30.4. The average molecular weight is 1540 g/mol. The lowest BCUT2D eigenvalue weighted by Gasteiger charge is -2.22. The first-order valence-electron chi connectivity index (χ1n) is 48.0. The minimum atomic E-state index is -2.39. The molecule has 0 bridgehead atoms. The van der Waals surface area contributed by atoms with Gasteiger partial charge >= 0.3 is 0 Å². The zero-order valence-electron chi connectivity index (χ0n) is 85.5. The molecule has 116 heavy (non-hydrogen) atoms. The van der Waals surface area contributed by atoms with Gasteiger partial charge in [-0.3, -0.25) is 0 Å². The molecule has 0 radical (unpaired) electrons. The summed E-state index contributed by atoms with van der Waals surface area (Å²) in [4.78, 5) is 0. The number of aromatic nitrogens is 5. The largest absolute Gasteiger partial charge is 0.213 e. The molecule has 5 aromatic heterocycles. The quantitative estimate of drug-likeness (QED) is 0.0912. The van der Waals surface area contributed by atoms with Crippen molar-refractivity contribution in [3.8, 4) is 112 Å². The van der Waals surface area contributed by atoms with E-state index in [-0.39, 0.29) is 25.7 Å². The summed E-state index contributed by atoms with van der Waals surface area (Å²) in [6.07, 6.45) is 7.55. The SMILES string of the molecule is Cc1cccc(-c2cc[n+](C)c(-c3ccccc3C)c2)c1.[2H]C([2H])([2H])C([2H])(C)Cc1cccc(-c2cc[n+](C)c(-c3ccccc3C)c2)c1.[2H]C([2H])([2H])C([2H])(C)c1cccc(-c2cc[n+](C)c(-c3ccccc3C)c2)c1.[2H]C([2H])([2H])Cc1cccc(-c2cc[n+](C)c(-c3ccccc3C)c2)c1.[2H]C1([2H])CCCC([2H])([2H])C1([2H])c1ccc(-c2cc[n+](C)c(-c3ccccc3C)c2)cc1. The molecule has 10 aromatic carbocycles. The summed E-state index contributed by atoms with van der Waals surface area (Å²) in [5, 5.41) is 0. The maximum absolute atomic E-state index is 8.89. The lowest BCUT2D eigenvalue weighted by molar-refractivity contribution is -0.660. The van der Waals surface area contributed by atoms with Crippen LogP contribution in [0.4, 0.5) is 0 Å². The number of hydrogen-bond acceptors (Lipinski definition) is 0. The zero-order chi connectivity index (χ0) is 95.6. The third-order valence-electron chi connectivity index (χ3n) is 21.5. The van der Waals surface area contributed by atoms with E-state index in [0.29, 0.717) is 17.5 Å². The van der Waals surface area contributed by atoms with Gasteiger partial charge in [-0.1, -0.05) is 272 Å². The van der Waals surface area contributed by atoms with E-state index in [1.54, 1.807) is 18.2 Å². The lowest BCUT2D eigenvalue weighted by atomic mass is 9.84. The van der Waals surface area contributed by atoms with E-state index < -0.39 is 51.0 Å². The molecule has 584 valence electrons. The molecule has 0 spiro atoms. The Kier molecular flexibility index (Phi) is 22.0. The first-order chi connectivity index (χ1) is 62.2. The summed E-state index contributed by atoms with van der Waals surface area (Å²) in [7, 11) is 10.2. The van der Waals surface area contributed by atoms with Crippen molar-refractivity contribution in [3.05, 3.63) is 390 Å². The minimum absolute atomic E-state index is 0.0894. The highest BCUT2D eigenvalue weighted by Crippen LogP contribution is 2.36. The van der Waals surface area contributed by atoms with Gasteiger partial charge in [0, 0.05) is 110 Å². The Bertz CT molecular complexity index is 6570. The Hall–Kier alpha value is -12.1. The van der Waals surface area contributed by atoms with Crippen LogP contribution in [-0.2, 0) is 48.1 Å². The topological polar surface area (TPSA) is 19.4 Å². The van der Waals surface area contributed by atoms with E-state index in [4.69, 9.17) is 21.9 Å². The molecular weight excluding hydrogens is 1400 g/mol. The number of benzene rings is 10. The van der Waals surface area contributed by atoms with Gasteiger partial charge in [0.05, 0.1) is 0 Å². The van der Waals surface area contributed by atoms with Crippen LogP contribution < -0.4 is 22.8 Å². The standard InChI is InChI=1S/C25H28N.C23H26N.C22H24N.C21H22N.C20H20N/c1-19-8-6-7-11-24(19)25-18-23(16-17-26(25)2)22-14-12-21(13-15-22)20-9-4-3-5-10-20;1-17(2)14-19-9-7-10-20(15-19)21-12-13-24(4)23(16-21)22-11-6-5-8-18(22)3;1-16(2)18-9-7-10-19(14-18)20-12-13-23(4)22(15-20)21-11-6-5-8-17(21)3;1-4-17-9-7-10-18(14-17)19-12-13-22(3)21(15-19)20-11-6-5-8-16(20)2;1-15-7-6-9-17(13-15)18-11-12-21(3)20(14-18)19-10-5-4-8-16(19)2/h6-8,11-18,20H,3-5,9-10H2,1-2H3;5-13,15-17H,14H2,1-4H3;5-16H,1-4H3;5-15H,4H2,1-3H3;4-14H,1-3H3/q5*+1/i9D2,10D2,20D;1D3,17D;1D3,16D;1D3;. The number of pyridine rings is 5. The van der Waals surface area contributed by atoms with E-state index in [1.165, 1.54) is 80.7 Å². The molecule has 2 atom stereocenters. The van der Waals surface area contributed by atoms with E-state index in [0.717, 1.165) is 89.5 Å². The lowest BCUT2D eigenvalue weighted by Crippen LogP contribution is -2.30. The third kappa shape index (κ3) is 21.5. The molecular formula is C111H120N5+5. The maximum Gasteiger partial charge on any atom is 0.213 e. The van der Waals surface area contributed by atoms with Crippen molar-refractivity contribution >= 4 is 0 Å². The Balaban J connectivity index is 0.000000150. The predicted octanol–water partition coefficient (Wildman–Crippen LogP) is 26.0. The van der Waals surface area contributed by atoms with Crippen molar-refractivity contribution in [2.24, 2.45) is 41.1 Å². The number of nitrogens with zero attached hydrogens (tertiary/aromatic N) is 5. The highest BCUT2D eigenvalue weighted by atomic mass is 14.9. The van der Waals surface area contributed by atoms with Gasteiger partial charge in [-0.05, 0) is 221 Å². The Morgan fingerprint density at radius 2 is 0.655 bits per heavy atom. The van der Waals surface area contributed by atoms with Crippen LogP contribution in [0.2, 0.25) is 0 Å². The fourth-order valence-electron chi connectivity index (χ4n) is 14.8. The van der Waals surface area contributed by atoms with Crippen LogP contribution in [0.25, 0.3) is 112 Å². The van der Waals surface area contributed by atoms with Gasteiger partial charge in [0.25, 0.3) is 0 Å². The van der Waals surface area contributed by atoms with E-state index in [1.807, 2.05) is 193 Å².